The van der Waals surface area contributed by atoms with Gasteiger partial charge in [-0.1, -0.05) is 43.7 Å². The molecule has 1 aromatic carbocycles. The molecule has 0 aromatic heterocycles. The number of rotatable bonds is 2. The summed E-state index contributed by atoms with van der Waals surface area (Å²) in [5, 5.41) is 9.33. The zero-order valence-corrected chi connectivity index (χ0v) is 9.39. The van der Waals surface area contributed by atoms with Crippen LogP contribution in [0.5, 0.6) is 0 Å². The predicted octanol–water partition coefficient (Wildman–Crippen LogP) is 3.20. The Bertz CT molecular complexity index is 293. The van der Waals surface area contributed by atoms with Gasteiger partial charge in [0.1, 0.15) is 0 Å². The Morgan fingerprint density at radius 3 is 2.60 bits per heavy atom. The van der Waals surface area contributed by atoms with E-state index in [0.29, 0.717) is 24.4 Å². The van der Waals surface area contributed by atoms with Crippen LogP contribution < -0.4 is 0 Å². The van der Waals surface area contributed by atoms with Crippen LogP contribution in [0.4, 0.5) is 0 Å². The van der Waals surface area contributed by atoms with Crippen LogP contribution >= 0.6 is 0 Å². The minimum Gasteiger partial charge on any atom is -0.396 e. The quantitative estimate of drug-likeness (QED) is 0.784. The zero-order chi connectivity index (χ0) is 10.7. The second-order valence-electron chi connectivity index (χ2n) is 4.75. The van der Waals surface area contributed by atoms with Crippen molar-refractivity contribution in [3.05, 3.63) is 35.9 Å². The largest absolute Gasteiger partial charge is 0.396 e. The van der Waals surface area contributed by atoms with Gasteiger partial charge in [0, 0.05) is 6.61 Å². The molecule has 15 heavy (non-hydrogen) atoms. The highest BCUT2D eigenvalue weighted by atomic mass is 16.3. The van der Waals surface area contributed by atoms with Crippen molar-refractivity contribution in [3.8, 4) is 0 Å². The lowest BCUT2D eigenvalue weighted by Gasteiger charge is -2.35. The second-order valence-corrected chi connectivity index (χ2v) is 4.75. The lowest BCUT2D eigenvalue weighted by molar-refractivity contribution is 0.128. The highest BCUT2D eigenvalue weighted by Crippen LogP contribution is 2.40. The first-order chi connectivity index (χ1) is 7.33. The van der Waals surface area contributed by atoms with Crippen molar-refractivity contribution < 1.29 is 5.11 Å². The van der Waals surface area contributed by atoms with Crippen molar-refractivity contribution in [1.82, 2.24) is 0 Å². The van der Waals surface area contributed by atoms with Gasteiger partial charge in [0.25, 0.3) is 0 Å². The van der Waals surface area contributed by atoms with Crippen LogP contribution in [-0.2, 0) is 0 Å². The van der Waals surface area contributed by atoms with Gasteiger partial charge in [-0.15, -0.1) is 0 Å². The molecule has 0 unspecified atom stereocenters. The third-order valence-electron chi connectivity index (χ3n) is 3.93. The van der Waals surface area contributed by atoms with Gasteiger partial charge in [-0.2, -0.15) is 0 Å². The summed E-state index contributed by atoms with van der Waals surface area (Å²) in [6.45, 7) is 2.64. The Morgan fingerprint density at radius 2 is 1.93 bits per heavy atom. The van der Waals surface area contributed by atoms with Crippen LogP contribution in [0.2, 0.25) is 0 Å². The van der Waals surface area contributed by atoms with E-state index < -0.39 is 0 Å². The summed E-state index contributed by atoms with van der Waals surface area (Å²) in [4.78, 5) is 0. The third kappa shape index (κ3) is 2.23. The van der Waals surface area contributed by atoms with Gasteiger partial charge < -0.3 is 5.11 Å². The fraction of sp³-hybridized carbons (Fsp3) is 0.571. The van der Waals surface area contributed by atoms with Crippen molar-refractivity contribution in [2.75, 3.05) is 6.61 Å². The summed E-state index contributed by atoms with van der Waals surface area (Å²) in [5.74, 6) is 1.77. The van der Waals surface area contributed by atoms with E-state index in [9.17, 15) is 5.11 Å². The Labute approximate surface area is 92.1 Å². The average Bonchev–Trinajstić information content (AvgIpc) is 2.30. The number of hydrogen-bond donors (Lipinski definition) is 1. The molecule has 0 heterocycles. The van der Waals surface area contributed by atoms with Crippen LogP contribution in [0.15, 0.2) is 30.3 Å². The SMILES string of the molecule is C[C@H]1[C@@H](CO)CCC[C@@H]1c1ccccc1. The van der Waals surface area contributed by atoms with Crippen molar-refractivity contribution in [2.45, 2.75) is 32.1 Å². The van der Waals surface area contributed by atoms with E-state index in [1.54, 1.807) is 0 Å². The van der Waals surface area contributed by atoms with Crippen LogP contribution in [-0.4, -0.2) is 11.7 Å². The Kier molecular flexibility index (Phi) is 3.42. The molecule has 2 rings (SSSR count). The highest BCUT2D eigenvalue weighted by Gasteiger charge is 2.30. The summed E-state index contributed by atoms with van der Waals surface area (Å²) < 4.78 is 0. The molecule has 1 N–H and O–H groups in total. The van der Waals surface area contributed by atoms with Crippen molar-refractivity contribution in [2.24, 2.45) is 11.8 Å². The molecule has 0 aliphatic heterocycles. The van der Waals surface area contributed by atoms with E-state index >= 15 is 0 Å². The highest BCUT2D eigenvalue weighted by molar-refractivity contribution is 5.21. The lowest BCUT2D eigenvalue weighted by Crippen LogP contribution is -2.26. The van der Waals surface area contributed by atoms with Gasteiger partial charge in [0.15, 0.2) is 0 Å². The maximum Gasteiger partial charge on any atom is 0.0462 e. The number of aliphatic hydroxyl groups is 1. The second kappa shape index (κ2) is 4.80. The van der Waals surface area contributed by atoms with Gasteiger partial charge in [-0.05, 0) is 36.2 Å². The molecule has 0 spiro atoms. The summed E-state index contributed by atoms with van der Waals surface area (Å²) >= 11 is 0. The molecule has 1 nitrogen and oxygen atoms in total. The molecule has 1 aliphatic rings. The normalized spacial score (nSPS) is 31.5. The van der Waals surface area contributed by atoms with E-state index in [4.69, 9.17) is 0 Å². The van der Waals surface area contributed by atoms with Gasteiger partial charge in [0.2, 0.25) is 0 Å². The molecular weight excluding hydrogens is 184 g/mol. The molecule has 1 aliphatic carbocycles. The number of benzene rings is 1. The predicted molar refractivity (Wildman–Crippen MR) is 62.8 cm³/mol. The summed E-state index contributed by atoms with van der Waals surface area (Å²) in [5.41, 5.74) is 1.45. The van der Waals surface area contributed by atoms with Gasteiger partial charge in [0.05, 0.1) is 0 Å². The maximum atomic E-state index is 9.33. The molecule has 1 aromatic rings. The van der Waals surface area contributed by atoms with Crippen LogP contribution in [0.25, 0.3) is 0 Å². The summed E-state index contributed by atoms with van der Waals surface area (Å²) in [7, 11) is 0. The standard InChI is InChI=1S/C14H20O/c1-11-13(10-15)8-5-9-14(11)12-6-3-2-4-7-12/h2-4,6-7,11,13-15H,5,8-10H2,1H3/t11-,13+,14-/m0/s1. The molecule has 1 saturated carbocycles. The monoisotopic (exact) mass is 204 g/mol. The minimum atomic E-state index is 0.352. The summed E-state index contributed by atoms with van der Waals surface area (Å²) in [6.07, 6.45) is 3.73. The van der Waals surface area contributed by atoms with E-state index in [1.807, 2.05) is 0 Å². The molecule has 0 radical (unpaired) electrons. The van der Waals surface area contributed by atoms with E-state index in [1.165, 1.54) is 24.8 Å². The summed E-state index contributed by atoms with van der Waals surface area (Å²) in [6, 6.07) is 10.7. The van der Waals surface area contributed by atoms with Gasteiger partial charge in [-0.3, -0.25) is 0 Å². The fourth-order valence-electron chi connectivity index (χ4n) is 2.88. The van der Waals surface area contributed by atoms with Crippen molar-refractivity contribution >= 4 is 0 Å². The maximum absolute atomic E-state index is 9.33. The fourth-order valence-corrected chi connectivity index (χ4v) is 2.88. The molecular formula is C14H20O. The topological polar surface area (TPSA) is 20.2 Å². The molecule has 0 bridgehead atoms. The number of aliphatic hydroxyl groups excluding tert-OH is 1. The van der Waals surface area contributed by atoms with Crippen molar-refractivity contribution in [1.29, 1.82) is 0 Å². The molecule has 1 fully saturated rings. The first kappa shape index (κ1) is 10.7. The first-order valence-corrected chi connectivity index (χ1v) is 5.98. The average molecular weight is 204 g/mol. The molecule has 1 heteroatoms. The Morgan fingerprint density at radius 1 is 1.20 bits per heavy atom. The minimum absolute atomic E-state index is 0.352. The van der Waals surface area contributed by atoms with Gasteiger partial charge in [-0.25, -0.2) is 0 Å². The van der Waals surface area contributed by atoms with Gasteiger partial charge >= 0.3 is 0 Å². The van der Waals surface area contributed by atoms with Crippen LogP contribution in [0, 0.1) is 11.8 Å². The first-order valence-electron chi connectivity index (χ1n) is 5.98. The van der Waals surface area contributed by atoms with Crippen molar-refractivity contribution in [3.63, 3.8) is 0 Å². The molecule has 0 amide bonds. The Hall–Kier alpha value is -0.820. The Balaban J connectivity index is 2.15. The molecule has 3 atom stereocenters. The van der Waals surface area contributed by atoms with Crippen LogP contribution in [0.1, 0.15) is 37.7 Å². The van der Waals surface area contributed by atoms with E-state index in [0.717, 1.165) is 0 Å². The molecule has 82 valence electrons. The third-order valence-corrected chi connectivity index (χ3v) is 3.93. The smallest absolute Gasteiger partial charge is 0.0462 e. The number of hydrogen-bond acceptors (Lipinski definition) is 1. The van der Waals surface area contributed by atoms with E-state index in [2.05, 4.69) is 37.3 Å². The van der Waals surface area contributed by atoms with Crippen LogP contribution in [0.3, 0.4) is 0 Å². The molecule has 0 saturated heterocycles. The van der Waals surface area contributed by atoms with E-state index in [-0.39, 0.29) is 0 Å². The zero-order valence-electron chi connectivity index (χ0n) is 9.39. The lowest BCUT2D eigenvalue weighted by atomic mass is 9.70.